The lowest BCUT2D eigenvalue weighted by Crippen LogP contribution is -2.10. The van der Waals surface area contributed by atoms with Crippen molar-refractivity contribution in [2.45, 2.75) is 11.6 Å². The van der Waals surface area contributed by atoms with Gasteiger partial charge in [0.1, 0.15) is 5.82 Å². The van der Waals surface area contributed by atoms with Gasteiger partial charge in [0.05, 0.1) is 10.9 Å². The minimum atomic E-state index is -4.73. The molecular weight excluding hydrogens is 280 g/mol. The lowest BCUT2D eigenvalue weighted by Gasteiger charge is -2.15. The third kappa shape index (κ3) is 2.89. The lowest BCUT2D eigenvalue weighted by atomic mass is 10.0. The number of halogens is 5. The highest BCUT2D eigenvalue weighted by atomic mass is 35.5. The van der Waals surface area contributed by atoms with Crippen LogP contribution in [0.4, 0.5) is 17.6 Å². The minimum Gasteiger partial charge on any atom is -0.206 e. The second kappa shape index (κ2) is 5.21. The molecule has 0 aliphatic rings. The molecule has 0 radical (unpaired) electrons. The van der Waals surface area contributed by atoms with E-state index >= 15 is 0 Å². The molecular formula is C14H9ClF4. The van der Waals surface area contributed by atoms with Crippen molar-refractivity contribution in [1.82, 2.24) is 0 Å². The third-order valence-electron chi connectivity index (χ3n) is 2.70. The minimum absolute atomic E-state index is 0.178. The van der Waals surface area contributed by atoms with Gasteiger partial charge in [-0.2, -0.15) is 13.2 Å². The Labute approximate surface area is 112 Å². The van der Waals surface area contributed by atoms with Gasteiger partial charge < -0.3 is 0 Å². The molecule has 19 heavy (non-hydrogen) atoms. The maximum Gasteiger partial charge on any atom is 0.419 e. The van der Waals surface area contributed by atoms with Crippen molar-refractivity contribution >= 4 is 11.6 Å². The van der Waals surface area contributed by atoms with Crippen LogP contribution in [0.3, 0.4) is 0 Å². The van der Waals surface area contributed by atoms with E-state index in [1.165, 1.54) is 6.07 Å². The molecule has 2 aromatic carbocycles. The van der Waals surface area contributed by atoms with Crippen LogP contribution in [-0.2, 0) is 6.18 Å². The Balaban J connectivity index is 2.47. The third-order valence-corrected chi connectivity index (χ3v) is 3.19. The van der Waals surface area contributed by atoms with E-state index in [0.29, 0.717) is 11.6 Å². The topological polar surface area (TPSA) is 0 Å². The number of hydrogen-bond donors (Lipinski definition) is 0. The van der Waals surface area contributed by atoms with Crippen LogP contribution >= 0.6 is 11.6 Å². The summed E-state index contributed by atoms with van der Waals surface area (Å²) in [6.07, 6.45) is -4.73. The molecule has 0 saturated carbocycles. The molecule has 0 spiro atoms. The predicted octanol–water partition coefficient (Wildman–Crippen LogP) is 5.17. The summed E-state index contributed by atoms with van der Waals surface area (Å²) < 4.78 is 51.7. The second-order valence-corrected chi connectivity index (χ2v) is 4.42. The summed E-state index contributed by atoms with van der Waals surface area (Å²) in [7, 11) is 0. The van der Waals surface area contributed by atoms with E-state index in [4.69, 9.17) is 11.6 Å². The second-order valence-electron chi connectivity index (χ2n) is 3.98. The molecule has 0 amide bonds. The zero-order chi connectivity index (χ0) is 14.0. The first-order chi connectivity index (χ1) is 8.91. The van der Waals surface area contributed by atoms with Gasteiger partial charge in [0.25, 0.3) is 0 Å². The zero-order valence-electron chi connectivity index (χ0n) is 9.59. The van der Waals surface area contributed by atoms with Crippen LogP contribution in [0.2, 0.25) is 0 Å². The Morgan fingerprint density at radius 3 is 2.11 bits per heavy atom. The van der Waals surface area contributed by atoms with Crippen LogP contribution in [-0.4, -0.2) is 0 Å². The molecule has 1 atom stereocenters. The molecule has 0 aliphatic heterocycles. The zero-order valence-corrected chi connectivity index (χ0v) is 10.3. The Morgan fingerprint density at radius 2 is 1.53 bits per heavy atom. The van der Waals surface area contributed by atoms with Crippen molar-refractivity contribution in [3.8, 4) is 0 Å². The van der Waals surface area contributed by atoms with E-state index in [2.05, 4.69) is 0 Å². The van der Waals surface area contributed by atoms with Crippen LogP contribution in [0.1, 0.15) is 22.1 Å². The molecule has 0 aromatic heterocycles. The first-order valence-corrected chi connectivity index (χ1v) is 5.89. The Morgan fingerprint density at radius 1 is 0.895 bits per heavy atom. The van der Waals surface area contributed by atoms with E-state index in [-0.39, 0.29) is 5.56 Å². The molecule has 1 unspecified atom stereocenters. The number of alkyl halides is 4. The van der Waals surface area contributed by atoms with Crippen LogP contribution in [0.25, 0.3) is 0 Å². The number of hydrogen-bond acceptors (Lipinski definition) is 0. The fourth-order valence-electron chi connectivity index (χ4n) is 1.77. The van der Waals surface area contributed by atoms with E-state index in [9.17, 15) is 17.6 Å². The van der Waals surface area contributed by atoms with Crippen molar-refractivity contribution in [1.29, 1.82) is 0 Å². The van der Waals surface area contributed by atoms with E-state index < -0.39 is 22.9 Å². The fraction of sp³-hybridized carbons (Fsp3) is 0.143. The smallest absolute Gasteiger partial charge is 0.206 e. The maximum absolute atomic E-state index is 13.9. The molecule has 0 aliphatic carbocycles. The summed E-state index contributed by atoms with van der Waals surface area (Å²) in [5.74, 6) is -1.32. The summed E-state index contributed by atoms with van der Waals surface area (Å²) in [4.78, 5) is 0. The van der Waals surface area contributed by atoms with E-state index in [1.54, 1.807) is 30.3 Å². The Kier molecular flexibility index (Phi) is 3.80. The van der Waals surface area contributed by atoms with E-state index in [0.717, 1.165) is 6.07 Å². The Bertz CT molecular complexity index is 563. The monoisotopic (exact) mass is 288 g/mol. The first-order valence-electron chi connectivity index (χ1n) is 5.46. The van der Waals surface area contributed by atoms with Gasteiger partial charge in [-0.15, -0.1) is 11.6 Å². The molecule has 0 bridgehead atoms. The van der Waals surface area contributed by atoms with Crippen LogP contribution in [0.15, 0.2) is 48.5 Å². The SMILES string of the molecule is Fc1c(C(Cl)c2ccccc2)cccc1C(F)(F)F. The predicted molar refractivity (Wildman–Crippen MR) is 65.5 cm³/mol. The van der Waals surface area contributed by atoms with Crippen molar-refractivity contribution < 1.29 is 17.6 Å². The van der Waals surface area contributed by atoms with Crippen molar-refractivity contribution in [2.24, 2.45) is 0 Å². The lowest BCUT2D eigenvalue weighted by molar-refractivity contribution is -0.140. The average molecular weight is 289 g/mol. The highest BCUT2D eigenvalue weighted by Crippen LogP contribution is 2.37. The largest absolute Gasteiger partial charge is 0.419 e. The fourth-order valence-corrected chi connectivity index (χ4v) is 2.08. The maximum atomic E-state index is 13.9. The molecule has 2 aromatic rings. The highest BCUT2D eigenvalue weighted by Gasteiger charge is 2.35. The molecule has 0 nitrogen and oxygen atoms in total. The number of rotatable bonds is 2. The van der Waals surface area contributed by atoms with Gasteiger partial charge in [0.15, 0.2) is 0 Å². The van der Waals surface area contributed by atoms with Crippen LogP contribution in [0.5, 0.6) is 0 Å². The summed E-state index contributed by atoms with van der Waals surface area (Å²) >= 11 is 6.05. The van der Waals surface area contributed by atoms with Crippen molar-refractivity contribution in [3.05, 3.63) is 71.0 Å². The summed E-state index contributed by atoms with van der Waals surface area (Å²) in [5.41, 5.74) is -0.934. The van der Waals surface area contributed by atoms with Crippen LogP contribution < -0.4 is 0 Å². The van der Waals surface area contributed by atoms with Crippen molar-refractivity contribution in [2.75, 3.05) is 0 Å². The van der Waals surface area contributed by atoms with Gasteiger partial charge in [-0.3, -0.25) is 0 Å². The molecule has 5 heteroatoms. The van der Waals surface area contributed by atoms with Gasteiger partial charge in [-0.25, -0.2) is 4.39 Å². The van der Waals surface area contributed by atoms with Gasteiger partial charge in [-0.05, 0) is 11.6 Å². The van der Waals surface area contributed by atoms with Gasteiger partial charge >= 0.3 is 6.18 Å². The quantitative estimate of drug-likeness (QED) is 0.528. The Hall–Kier alpha value is -1.55. The standard InChI is InChI=1S/C14H9ClF4/c15-12(9-5-2-1-3-6-9)10-7-4-8-11(13(10)16)14(17,18)19/h1-8,12H. The highest BCUT2D eigenvalue weighted by molar-refractivity contribution is 6.22. The normalized spacial score (nSPS) is 13.3. The molecule has 0 saturated heterocycles. The molecule has 0 N–H and O–H groups in total. The van der Waals surface area contributed by atoms with Crippen LogP contribution in [0, 0.1) is 5.82 Å². The summed E-state index contributed by atoms with van der Waals surface area (Å²) in [5, 5.41) is -0.955. The van der Waals surface area contributed by atoms with Gasteiger partial charge in [-0.1, -0.05) is 42.5 Å². The van der Waals surface area contributed by atoms with Crippen molar-refractivity contribution in [3.63, 3.8) is 0 Å². The van der Waals surface area contributed by atoms with Gasteiger partial charge in [0.2, 0.25) is 0 Å². The number of benzene rings is 2. The average Bonchev–Trinajstić information content (AvgIpc) is 2.38. The summed E-state index contributed by atoms with van der Waals surface area (Å²) in [6, 6.07) is 11.5. The van der Waals surface area contributed by atoms with Gasteiger partial charge in [0, 0.05) is 5.56 Å². The molecule has 0 fully saturated rings. The summed E-state index contributed by atoms with van der Waals surface area (Å²) in [6.45, 7) is 0. The first kappa shape index (κ1) is 13.9. The molecule has 100 valence electrons. The van der Waals surface area contributed by atoms with E-state index in [1.807, 2.05) is 0 Å². The molecule has 0 heterocycles. The molecule has 2 rings (SSSR count).